The van der Waals surface area contributed by atoms with E-state index >= 15 is 0 Å². The van der Waals surface area contributed by atoms with Gasteiger partial charge in [-0.15, -0.1) is 0 Å². The number of carbonyl (C=O) groups excluding carboxylic acids is 3. The quantitative estimate of drug-likeness (QED) is 0.138. The molecule has 5 unspecified atom stereocenters. The van der Waals surface area contributed by atoms with Crippen LogP contribution < -0.4 is 10.6 Å². The molecule has 35 heavy (non-hydrogen) atoms. The lowest BCUT2D eigenvalue weighted by Crippen LogP contribution is -2.55. The number of hydrogen-bond donors (Lipinski definition) is 6. The van der Waals surface area contributed by atoms with Crippen molar-refractivity contribution in [3.05, 3.63) is 0 Å². The molecule has 204 valence electrons. The Balaban J connectivity index is 2.20. The maximum absolute atomic E-state index is 12.2. The van der Waals surface area contributed by atoms with Crippen molar-refractivity contribution in [1.29, 1.82) is 0 Å². The van der Waals surface area contributed by atoms with Gasteiger partial charge in [0.2, 0.25) is 11.8 Å². The summed E-state index contributed by atoms with van der Waals surface area (Å²) < 4.78 is 11.1. The maximum atomic E-state index is 12.2. The molecule has 11 heteroatoms. The van der Waals surface area contributed by atoms with Crippen LogP contribution in [0.25, 0.3) is 0 Å². The summed E-state index contributed by atoms with van der Waals surface area (Å²) in [5.74, 6) is -0.849. The van der Waals surface area contributed by atoms with Crippen molar-refractivity contribution in [3.8, 4) is 0 Å². The molecule has 6 atom stereocenters. The zero-order chi connectivity index (χ0) is 26.2. The summed E-state index contributed by atoms with van der Waals surface area (Å²) in [6.07, 6.45) is 0.964. The first-order valence-corrected chi connectivity index (χ1v) is 12.6. The van der Waals surface area contributed by atoms with Crippen LogP contribution in [0.3, 0.4) is 0 Å². The van der Waals surface area contributed by atoms with Gasteiger partial charge in [0.15, 0.2) is 12.1 Å². The maximum Gasteiger partial charge on any atom is 0.220 e. The Morgan fingerprint density at radius 1 is 0.943 bits per heavy atom. The van der Waals surface area contributed by atoms with E-state index in [1.165, 1.54) is 6.92 Å². The number of aliphatic hydroxyl groups is 4. The Morgan fingerprint density at radius 3 is 2.29 bits per heavy atom. The van der Waals surface area contributed by atoms with Gasteiger partial charge in [-0.3, -0.25) is 14.4 Å². The molecule has 1 aliphatic rings. The Bertz CT molecular complexity index is 632. The van der Waals surface area contributed by atoms with Crippen molar-refractivity contribution in [3.63, 3.8) is 0 Å². The van der Waals surface area contributed by atoms with Crippen LogP contribution in [0.15, 0.2) is 0 Å². The second-order valence-electron chi connectivity index (χ2n) is 9.15. The highest BCUT2D eigenvalue weighted by molar-refractivity contribution is 5.87. The van der Waals surface area contributed by atoms with Crippen LogP contribution in [0.4, 0.5) is 0 Å². The molecule has 0 aliphatic carbocycles. The van der Waals surface area contributed by atoms with Gasteiger partial charge in [0.1, 0.15) is 12.2 Å². The number of aliphatic hydroxyl groups excluding tert-OH is 4. The molecule has 0 aromatic heterocycles. The minimum atomic E-state index is -1.17. The summed E-state index contributed by atoms with van der Waals surface area (Å²) in [5.41, 5.74) is 0. The predicted molar refractivity (Wildman–Crippen MR) is 127 cm³/mol. The third kappa shape index (κ3) is 12.2. The average molecular weight is 505 g/mol. The molecule has 1 fully saturated rings. The van der Waals surface area contributed by atoms with E-state index < -0.39 is 43.2 Å². The summed E-state index contributed by atoms with van der Waals surface area (Å²) in [6, 6.07) is -0.557. The molecule has 1 heterocycles. The number of Topliss-reactive ketones (excluding diaryl/α,β-unsaturated/α-hetero) is 1. The normalized spacial score (nSPS) is 25.1. The summed E-state index contributed by atoms with van der Waals surface area (Å²) in [4.78, 5) is 35.8. The number of hydrogen-bond acceptors (Lipinski definition) is 9. The molecule has 0 spiro atoms. The zero-order valence-electron chi connectivity index (χ0n) is 21.0. The van der Waals surface area contributed by atoms with Crippen molar-refractivity contribution in [1.82, 2.24) is 10.6 Å². The molecule has 11 nitrogen and oxygen atoms in total. The second kappa shape index (κ2) is 17.7. The standard InChI is InChI=1S/C24H44N2O9/c1-16-22(32)23(33)19(15-28)35-24(16)34-14-8-5-11-21(31)26-18(17(2)29)9-3-6-12-25-20(30)10-4-7-13-27/h16,18-19,22-24,27-28,32-33H,3-15H2,1-2H3,(H,25,30)(H,26,31)/t16?,18-,19?,22?,23?,24?/m0/s1. The molecule has 6 N–H and O–H groups in total. The minimum absolute atomic E-state index is 0.0506. The molecule has 0 bridgehead atoms. The van der Waals surface area contributed by atoms with Gasteiger partial charge in [0, 0.05) is 38.5 Å². The molecule has 1 rings (SSSR count). The van der Waals surface area contributed by atoms with E-state index in [1.54, 1.807) is 6.92 Å². The highest BCUT2D eigenvalue weighted by atomic mass is 16.7. The van der Waals surface area contributed by atoms with Crippen molar-refractivity contribution in [2.24, 2.45) is 5.92 Å². The average Bonchev–Trinajstić information content (AvgIpc) is 2.82. The Labute approximate surface area is 207 Å². The van der Waals surface area contributed by atoms with Gasteiger partial charge in [-0.25, -0.2) is 0 Å². The lowest BCUT2D eigenvalue weighted by atomic mass is 9.92. The van der Waals surface area contributed by atoms with Crippen LogP contribution >= 0.6 is 0 Å². The highest BCUT2D eigenvalue weighted by Gasteiger charge is 2.42. The summed E-state index contributed by atoms with van der Waals surface area (Å²) in [7, 11) is 0. The van der Waals surface area contributed by atoms with E-state index in [2.05, 4.69) is 10.6 Å². The SMILES string of the molecule is CC(=O)[C@H](CCCCNC(=O)CCCCO)NC(=O)CCCCOC1OC(CO)C(O)C(O)C1C. The van der Waals surface area contributed by atoms with Crippen LogP contribution in [-0.2, 0) is 23.9 Å². The first-order chi connectivity index (χ1) is 16.7. The Kier molecular flexibility index (Phi) is 15.9. The lowest BCUT2D eigenvalue weighted by Gasteiger charge is -2.40. The topological polar surface area (TPSA) is 175 Å². The third-order valence-corrected chi connectivity index (χ3v) is 6.15. The zero-order valence-corrected chi connectivity index (χ0v) is 21.0. The fourth-order valence-electron chi connectivity index (χ4n) is 3.83. The summed E-state index contributed by atoms with van der Waals surface area (Å²) >= 11 is 0. The number of nitrogens with one attached hydrogen (secondary N) is 2. The van der Waals surface area contributed by atoms with Crippen LogP contribution in [0.2, 0.25) is 0 Å². The van der Waals surface area contributed by atoms with E-state index in [4.69, 9.17) is 14.6 Å². The van der Waals surface area contributed by atoms with Gasteiger partial charge in [0.25, 0.3) is 0 Å². The summed E-state index contributed by atoms with van der Waals surface area (Å²) in [6.45, 7) is 3.58. The molecule has 1 saturated heterocycles. The number of rotatable bonds is 18. The fourth-order valence-corrected chi connectivity index (χ4v) is 3.83. The number of ether oxygens (including phenoxy) is 2. The summed E-state index contributed by atoms with van der Waals surface area (Å²) in [5, 5.41) is 43.5. The molecule has 0 saturated carbocycles. The monoisotopic (exact) mass is 504 g/mol. The number of unbranched alkanes of at least 4 members (excludes halogenated alkanes) is 3. The van der Waals surface area contributed by atoms with Gasteiger partial charge < -0.3 is 40.5 Å². The lowest BCUT2D eigenvalue weighted by molar-refractivity contribution is -0.282. The van der Waals surface area contributed by atoms with E-state index in [0.29, 0.717) is 57.9 Å². The largest absolute Gasteiger partial charge is 0.396 e. The highest BCUT2D eigenvalue weighted by Crippen LogP contribution is 2.26. The van der Waals surface area contributed by atoms with E-state index in [9.17, 15) is 29.7 Å². The Hall–Kier alpha value is -1.63. The molecule has 0 radical (unpaired) electrons. The van der Waals surface area contributed by atoms with Crippen molar-refractivity contribution < 1.29 is 44.3 Å². The Morgan fingerprint density at radius 2 is 1.63 bits per heavy atom. The second-order valence-corrected chi connectivity index (χ2v) is 9.15. The van der Waals surface area contributed by atoms with Gasteiger partial charge in [-0.1, -0.05) is 6.92 Å². The van der Waals surface area contributed by atoms with Gasteiger partial charge >= 0.3 is 0 Å². The molecule has 1 aliphatic heterocycles. The molecular weight excluding hydrogens is 460 g/mol. The van der Waals surface area contributed by atoms with Crippen LogP contribution in [0, 0.1) is 5.92 Å². The van der Waals surface area contributed by atoms with E-state index in [0.717, 1.165) is 0 Å². The van der Waals surface area contributed by atoms with Gasteiger partial charge in [-0.05, 0) is 51.9 Å². The first kappa shape index (κ1) is 31.4. The minimum Gasteiger partial charge on any atom is -0.396 e. The van der Waals surface area contributed by atoms with Crippen molar-refractivity contribution in [2.45, 2.75) is 102 Å². The number of carbonyl (C=O) groups is 3. The molecule has 0 aromatic rings. The van der Waals surface area contributed by atoms with Crippen LogP contribution in [0.5, 0.6) is 0 Å². The number of ketones is 1. The van der Waals surface area contributed by atoms with Gasteiger partial charge in [-0.2, -0.15) is 0 Å². The van der Waals surface area contributed by atoms with Crippen LogP contribution in [0.1, 0.15) is 71.6 Å². The van der Waals surface area contributed by atoms with E-state index in [-0.39, 0.29) is 37.2 Å². The van der Waals surface area contributed by atoms with Crippen molar-refractivity contribution in [2.75, 3.05) is 26.4 Å². The fraction of sp³-hybridized carbons (Fsp3) is 0.875. The molecular formula is C24H44N2O9. The molecule has 2 amide bonds. The van der Waals surface area contributed by atoms with E-state index in [1.807, 2.05) is 0 Å². The smallest absolute Gasteiger partial charge is 0.220 e. The van der Waals surface area contributed by atoms with Crippen molar-refractivity contribution >= 4 is 17.6 Å². The molecule has 0 aromatic carbocycles. The van der Waals surface area contributed by atoms with Gasteiger partial charge in [0.05, 0.1) is 18.8 Å². The third-order valence-electron chi connectivity index (χ3n) is 6.15. The predicted octanol–water partition coefficient (Wildman–Crippen LogP) is -0.229. The van der Waals surface area contributed by atoms with Crippen LogP contribution in [-0.4, -0.2) is 95.0 Å². The first-order valence-electron chi connectivity index (χ1n) is 12.6. The number of amides is 2.